The van der Waals surface area contributed by atoms with Crippen LogP contribution < -0.4 is 5.73 Å². The predicted octanol–water partition coefficient (Wildman–Crippen LogP) is 2.39. The lowest BCUT2D eigenvalue weighted by molar-refractivity contribution is 0.572. The van der Waals surface area contributed by atoms with Crippen LogP contribution in [-0.4, -0.2) is 9.97 Å². The summed E-state index contributed by atoms with van der Waals surface area (Å²) in [7, 11) is 0. The van der Waals surface area contributed by atoms with Crippen molar-refractivity contribution < 1.29 is 0 Å². The fourth-order valence-electron chi connectivity index (χ4n) is 1.51. The highest BCUT2D eigenvalue weighted by Gasteiger charge is 2.07. The van der Waals surface area contributed by atoms with Crippen LogP contribution >= 0.6 is 0 Å². The zero-order valence-electron chi connectivity index (χ0n) is 10.1. The van der Waals surface area contributed by atoms with Gasteiger partial charge < -0.3 is 5.73 Å². The first-order valence-corrected chi connectivity index (χ1v) is 5.58. The van der Waals surface area contributed by atoms with Gasteiger partial charge >= 0.3 is 0 Å². The minimum absolute atomic E-state index is 0.0177. The van der Waals surface area contributed by atoms with Gasteiger partial charge in [-0.2, -0.15) is 0 Å². The van der Waals surface area contributed by atoms with Crippen molar-refractivity contribution in [1.29, 1.82) is 0 Å². The molecule has 0 radical (unpaired) electrons. The number of aromatic nitrogens is 2. The van der Waals surface area contributed by atoms with E-state index in [-0.39, 0.29) is 6.04 Å². The molecule has 1 heterocycles. The van der Waals surface area contributed by atoms with Gasteiger partial charge in [-0.25, -0.2) is 9.97 Å². The molecule has 84 valence electrons. The van der Waals surface area contributed by atoms with Gasteiger partial charge in [0.05, 0.1) is 0 Å². The SMILES string of the molecule is Cc1nc(CCC(C)C)ncc1C(C)N. The lowest BCUT2D eigenvalue weighted by Gasteiger charge is -2.10. The van der Waals surface area contributed by atoms with E-state index in [4.69, 9.17) is 5.73 Å². The van der Waals surface area contributed by atoms with Gasteiger partial charge in [0.25, 0.3) is 0 Å². The van der Waals surface area contributed by atoms with Crippen molar-refractivity contribution in [1.82, 2.24) is 9.97 Å². The van der Waals surface area contributed by atoms with Crippen LogP contribution in [0.25, 0.3) is 0 Å². The van der Waals surface area contributed by atoms with E-state index in [2.05, 4.69) is 23.8 Å². The average molecular weight is 207 g/mol. The second-order valence-corrected chi connectivity index (χ2v) is 4.55. The van der Waals surface area contributed by atoms with E-state index in [9.17, 15) is 0 Å². The largest absolute Gasteiger partial charge is 0.324 e. The van der Waals surface area contributed by atoms with Crippen molar-refractivity contribution in [3.63, 3.8) is 0 Å². The van der Waals surface area contributed by atoms with Crippen LogP contribution in [0.1, 0.15) is 50.3 Å². The molecule has 1 unspecified atom stereocenters. The van der Waals surface area contributed by atoms with Crippen molar-refractivity contribution in [2.75, 3.05) is 0 Å². The van der Waals surface area contributed by atoms with Gasteiger partial charge in [-0.3, -0.25) is 0 Å². The summed E-state index contributed by atoms with van der Waals surface area (Å²) < 4.78 is 0. The molecule has 0 aliphatic rings. The number of rotatable bonds is 4. The third-order valence-corrected chi connectivity index (χ3v) is 2.50. The van der Waals surface area contributed by atoms with Gasteiger partial charge in [-0.05, 0) is 26.2 Å². The van der Waals surface area contributed by atoms with E-state index in [1.54, 1.807) is 0 Å². The molecule has 0 saturated heterocycles. The van der Waals surface area contributed by atoms with Gasteiger partial charge in [0, 0.05) is 29.9 Å². The summed E-state index contributed by atoms with van der Waals surface area (Å²) in [6, 6.07) is 0.0177. The van der Waals surface area contributed by atoms with Gasteiger partial charge in [-0.15, -0.1) is 0 Å². The van der Waals surface area contributed by atoms with Crippen LogP contribution in [0.15, 0.2) is 6.20 Å². The first-order chi connectivity index (χ1) is 7.00. The number of hydrogen-bond donors (Lipinski definition) is 1. The number of nitrogens with two attached hydrogens (primary N) is 1. The Morgan fingerprint density at radius 1 is 1.33 bits per heavy atom. The molecule has 0 spiro atoms. The van der Waals surface area contributed by atoms with Crippen LogP contribution in [0, 0.1) is 12.8 Å². The van der Waals surface area contributed by atoms with Crippen molar-refractivity contribution >= 4 is 0 Å². The minimum Gasteiger partial charge on any atom is -0.324 e. The van der Waals surface area contributed by atoms with E-state index in [0.29, 0.717) is 5.92 Å². The quantitative estimate of drug-likeness (QED) is 0.824. The number of hydrogen-bond acceptors (Lipinski definition) is 3. The standard InChI is InChI=1S/C12H21N3/c1-8(2)5-6-12-14-7-11(9(3)13)10(4)15-12/h7-9H,5-6,13H2,1-4H3. The molecule has 0 amide bonds. The second kappa shape index (κ2) is 5.21. The van der Waals surface area contributed by atoms with Gasteiger partial charge in [0.2, 0.25) is 0 Å². The second-order valence-electron chi connectivity index (χ2n) is 4.55. The molecule has 0 aliphatic carbocycles. The molecule has 1 rings (SSSR count). The van der Waals surface area contributed by atoms with Crippen LogP contribution in [-0.2, 0) is 6.42 Å². The molecule has 1 aromatic rings. The third-order valence-electron chi connectivity index (χ3n) is 2.50. The Morgan fingerprint density at radius 3 is 2.47 bits per heavy atom. The Labute approximate surface area is 92.1 Å². The molecule has 3 heteroatoms. The maximum atomic E-state index is 5.81. The Kier molecular flexibility index (Phi) is 4.21. The van der Waals surface area contributed by atoms with E-state index in [0.717, 1.165) is 29.9 Å². The molecule has 3 nitrogen and oxygen atoms in total. The van der Waals surface area contributed by atoms with Gasteiger partial charge in [-0.1, -0.05) is 13.8 Å². The topological polar surface area (TPSA) is 51.8 Å². The fourth-order valence-corrected chi connectivity index (χ4v) is 1.51. The molecular formula is C12H21N3. The van der Waals surface area contributed by atoms with Crippen LogP contribution in [0.4, 0.5) is 0 Å². The van der Waals surface area contributed by atoms with Gasteiger partial charge in [0.15, 0.2) is 0 Å². The first kappa shape index (κ1) is 12.1. The maximum Gasteiger partial charge on any atom is 0.128 e. The van der Waals surface area contributed by atoms with Crippen LogP contribution in [0.3, 0.4) is 0 Å². The Hall–Kier alpha value is -0.960. The van der Waals surface area contributed by atoms with E-state index < -0.39 is 0 Å². The summed E-state index contributed by atoms with van der Waals surface area (Å²) in [4.78, 5) is 8.82. The molecule has 0 bridgehead atoms. The number of nitrogens with zero attached hydrogens (tertiary/aromatic N) is 2. The van der Waals surface area contributed by atoms with Crippen molar-refractivity contribution in [2.45, 2.75) is 46.6 Å². The summed E-state index contributed by atoms with van der Waals surface area (Å²) in [5, 5.41) is 0. The lowest BCUT2D eigenvalue weighted by atomic mass is 10.1. The van der Waals surface area contributed by atoms with Crippen LogP contribution in [0.2, 0.25) is 0 Å². The fraction of sp³-hybridized carbons (Fsp3) is 0.667. The molecule has 15 heavy (non-hydrogen) atoms. The summed E-state index contributed by atoms with van der Waals surface area (Å²) in [5.74, 6) is 1.63. The predicted molar refractivity (Wildman–Crippen MR) is 62.5 cm³/mol. The molecule has 2 N–H and O–H groups in total. The molecule has 1 atom stereocenters. The zero-order valence-corrected chi connectivity index (χ0v) is 10.1. The highest BCUT2D eigenvalue weighted by molar-refractivity contribution is 5.19. The smallest absolute Gasteiger partial charge is 0.128 e. The molecular weight excluding hydrogens is 186 g/mol. The first-order valence-electron chi connectivity index (χ1n) is 5.58. The number of aryl methyl sites for hydroxylation is 2. The Morgan fingerprint density at radius 2 is 2.00 bits per heavy atom. The molecule has 0 fully saturated rings. The van der Waals surface area contributed by atoms with Crippen LogP contribution in [0.5, 0.6) is 0 Å². The molecule has 0 aromatic carbocycles. The summed E-state index contributed by atoms with van der Waals surface area (Å²) in [6.45, 7) is 8.38. The monoisotopic (exact) mass is 207 g/mol. The lowest BCUT2D eigenvalue weighted by Crippen LogP contribution is -2.10. The highest BCUT2D eigenvalue weighted by atomic mass is 14.9. The van der Waals surface area contributed by atoms with Gasteiger partial charge in [0.1, 0.15) is 5.82 Å². The maximum absolute atomic E-state index is 5.81. The molecule has 0 saturated carbocycles. The normalized spacial score (nSPS) is 13.2. The van der Waals surface area contributed by atoms with E-state index in [1.165, 1.54) is 0 Å². The van der Waals surface area contributed by atoms with E-state index >= 15 is 0 Å². The molecule has 0 aliphatic heterocycles. The average Bonchev–Trinajstić information content (AvgIpc) is 2.14. The molecule has 1 aromatic heterocycles. The van der Waals surface area contributed by atoms with Crippen molar-refractivity contribution in [3.8, 4) is 0 Å². The Balaban J connectivity index is 2.73. The Bertz CT molecular complexity index is 319. The summed E-state index contributed by atoms with van der Waals surface area (Å²) >= 11 is 0. The zero-order chi connectivity index (χ0) is 11.4. The van der Waals surface area contributed by atoms with Crippen molar-refractivity contribution in [2.24, 2.45) is 11.7 Å². The highest BCUT2D eigenvalue weighted by Crippen LogP contribution is 2.13. The minimum atomic E-state index is 0.0177. The summed E-state index contributed by atoms with van der Waals surface area (Å²) in [5.41, 5.74) is 7.86. The van der Waals surface area contributed by atoms with Crippen molar-refractivity contribution in [3.05, 3.63) is 23.3 Å². The third kappa shape index (κ3) is 3.59. The summed E-state index contributed by atoms with van der Waals surface area (Å²) in [6.07, 6.45) is 3.96. The van der Waals surface area contributed by atoms with E-state index in [1.807, 2.05) is 20.0 Å².